The van der Waals surface area contributed by atoms with Gasteiger partial charge in [-0.2, -0.15) is 6.08 Å². The molecule has 0 heterocycles. The summed E-state index contributed by atoms with van der Waals surface area (Å²) in [6.45, 7) is 19.6. The number of halogens is 2. The van der Waals surface area contributed by atoms with Crippen molar-refractivity contribution in [3.63, 3.8) is 0 Å². The molecule has 0 atom stereocenters. The molecule has 0 aliphatic heterocycles. The zero-order chi connectivity index (χ0) is 18.8. The summed E-state index contributed by atoms with van der Waals surface area (Å²) in [6, 6.07) is 4.34. The van der Waals surface area contributed by atoms with E-state index in [4.69, 9.17) is 0 Å². The van der Waals surface area contributed by atoms with Crippen molar-refractivity contribution in [3.05, 3.63) is 53.1 Å². The maximum atomic E-state index is 10.7. The maximum Gasteiger partial charge on any atom is 3.00 e. The summed E-state index contributed by atoms with van der Waals surface area (Å²) in [5.74, 6) is 0.466. The number of phenolic OH excluding ortho intramolecular Hbond substituents is 1. The number of allylic oxidation sites excluding steroid dienone is 4. The van der Waals surface area contributed by atoms with Crippen molar-refractivity contribution in [2.45, 2.75) is 85.0 Å². The van der Waals surface area contributed by atoms with E-state index in [1.807, 2.05) is 12.2 Å². The number of aromatic hydroxyl groups is 1. The van der Waals surface area contributed by atoms with E-state index in [-0.39, 0.29) is 47.4 Å². The molecule has 0 saturated carbocycles. The Morgan fingerprint density at radius 1 is 0.778 bits per heavy atom. The predicted octanol–water partition coefficient (Wildman–Crippen LogP) is 0.596. The van der Waals surface area contributed by atoms with E-state index in [0.29, 0.717) is 5.75 Å². The summed E-state index contributed by atoms with van der Waals surface area (Å²) in [6.07, 6.45) is 10.0. The second-order valence-electron chi connectivity index (χ2n) is 9.67. The van der Waals surface area contributed by atoms with E-state index in [1.54, 1.807) is 0 Å². The van der Waals surface area contributed by atoms with Gasteiger partial charge in [0, 0.05) is 0 Å². The first kappa shape index (κ1) is 30.8. The Balaban J connectivity index is -0.000000625. The van der Waals surface area contributed by atoms with Crippen molar-refractivity contribution in [3.8, 4) is 5.75 Å². The largest absolute Gasteiger partial charge is 3.00 e. The Labute approximate surface area is 180 Å². The molecule has 0 unspecified atom stereocenters. The quantitative estimate of drug-likeness (QED) is 0.488. The summed E-state index contributed by atoms with van der Waals surface area (Å²) in [4.78, 5) is 0. The van der Waals surface area contributed by atoms with E-state index in [1.165, 1.54) is 5.56 Å². The van der Waals surface area contributed by atoms with Crippen LogP contribution in [-0.4, -0.2) is 5.11 Å². The maximum absolute atomic E-state index is 10.7. The average molecular weight is 413 g/mol. The molecule has 0 bridgehead atoms. The minimum Gasteiger partial charge on any atom is -1.00 e. The molecule has 27 heavy (non-hydrogen) atoms. The summed E-state index contributed by atoms with van der Waals surface area (Å²) < 4.78 is 0. The fourth-order valence-corrected chi connectivity index (χ4v) is 2.55. The summed E-state index contributed by atoms with van der Waals surface area (Å²) in [7, 11) is 0. The molecule has 1 aromatic rings. The molecule has 151 valence electrons. The predicted molar refractivity (Wildman–Crippen MR) is 106 cm³/mol. The molecule has 1 radical (unpaired) electrons. The minimum atomic E-state index is -0.0503. The second kappa shape index (κ2) is 11.2. The van der Waals surface area contributed by atoms with Gasteiger partial charge in [-0.05, 0) is 32.9 Å². The number of hydrogen-bond acceptors (Lipinski definition) is 1. The summed E-state index contributed by atoms with van der Waals surface area (Å²) in [5, 5.41) is 10.7. The molecule has 0 spiro atoms. The fourth-order valence-electron chi connectivity index (χ4n) is 2.55. The Morgan fingerprint density at radius 2 is 1.19 bits per heavy atom. The van der Waals surface area contributed by atoms with Crippen LogP contribution in [0.5, 0.6) is 5.75 Å². The third-order valence-electron chi connectivity index (χ3n) is 4.18. The molecule has 0 aromatic heterocycles. The van der Waals surface area contributed by atoms with Crippen LogP contribution in [0.15, 0.2) is 30.4 Å². The SMILES string of the molecule is CC(C)(C)c1cc(C(C)(C)C)c(O)c(C(C)(C)C)c1.[C-]1=CC=CC1.[F-].[F-].[Ti+3]. The van der Waals surface area contributed by atoms with Gasteiger partial charge in [-0.1, -0.05) is 74.4 Å². The van der Waals surface area contributed by atoms with E-state index in [9.17, 15) is 5.11 Å². The van der Waals surface area contributed by atoms with E-state index in [2.05, 4.69) is 86.6 Å². The van der Waals surface area contributed by atoms with Crippen molar-refractivity contribution >= 4 is 0 Å². The normalized spacial score (nSPS) is 12.9. The van der Waals surface area contributed by atoms with Crippen molar-refractivity contribution < 1.29 is 36.2 Å². The molecule has 2 rings (SSSR count). The van der Waals surface area contributed by atoms with Crippen molar-refractivity contribution in [1.82, 2.24) is 0 Å². The molecule has 0 amide bonds. The molecule has 1 N–H and O–H groups in total. The van der Waals surface area contributed by atoms with Crippen molar-refractivity contribution in [2.24, 2.45) is 0 Å². The number of phenols is 1. The van der Waals surface area contributed by atoms with Crippen LogP contribution in [-0.2, 0) is 38.0 Å². The van der Waals surface area contributed by atoms with Crippen LogP contribution in [0.1, 0.15) is 85.4 Å². The standard InChI is InChI=1S/C18H30O.C5H5.2FH.Ti/c1-16(2,3)12-10-13(17(4,5)6)15(19)14(11-12)18(7,8)9;1-2-4-5-3-1;;;/h10-11,19H,1-9H3;1-3H,4H2;2*1H;/q;-1;;;+3/p-2. The van der Waals surface area contributed by atoms with Gasteiger partial charge in [0.25, 0.3) is 0 Å². The van der Waals surface area contributed by atoms with Gasteiger partial charge in [0.1, 0.15) is 5.75 Å². The topological polar surface area (TPSA) is 20.2 Å². The smallest absolute Gasteiger partial charge is 1.00 e. The first-order valence-electron chi connectivity index (χ1n) is 8.85. The first-order chi connectivity index (χ1) is 10.7. The van der Waals surface area contributed by atoms with Crippen LogP contribution in [0.3, 0.4) is 0 Å². The number of rotatable bonds is 0. The van der Waals surface area contributed by atoms with Crippen LogP contribution in [0.25, 0.3) is 0 Å². The number of hydrogen-bond donors (Lipinski definition) is 1. The molecule has 0 fully saturated rings. The second-order valence-corrected chi connectivity index (χ2v) is 9.67. The molecule has 1 aromatic carbocycles. The molecular weight excluding hydrogens is 378 g/mol. The summed E-state index contributed by atoms with van der Waals surface area (Å²) in [5.41, 5.74) is 3.37. The number of benzene rings is 1. The van der Waals surface area contributed by atoms with Crippen molar-refractivity contribution in [2.75, 3.05) is 0 Å². The zero-order valence-electron chi connectivity index (χ0n) is 18.3. The van der Waals surface area contributed by atoms with Crippen LogP contribution in [0.4, 0.5) is 0 Å². The summed E-state index contributed by atoms with van der Waals surface area (Å²) >= 11 is 0. The van der Waals surface area contributed by atoms with Gasteiger partial charge in [0.05, 0.1) is 0 Å². The van der Waals surface area contributed by atoms with E-state index in [0.717, 1.165) is 17.5 Å². The molecule has 1 aliphatic carbocycles. The Hall–Kier alpha value is -0.926. The third-order valence-corrected chi connectivity index (χ3v) is 4.18. The first-order valence-corrected chi connectivity index (χ1v) is 8.85. The van der Waals surface area contributed by atoms with Gasteiger partial charge >= 0.3 is 21.7 Å². The Kier molecular flexibility index (Phi) is 12.7. The van der Waals surface area contributed by atoms with Crippen LogP contribution in [0.2, 0.25) is 0 Å². The zero-order valence-corrected chi connectivity index (χ0v) is 19.9. The van der Waals surface area contributed by atoms with Crippen LogP contribution >= 0.6 is 0 Å². The van der Waals surface area contributed by atoms with E-state index >= 15 is 0 Å². The molecular formula is C23H35F2OTi. The Bertz CT molecular complexity index is 582. The van der Waals surface area contributed by atoms with Gasteiger partial charge in [0.2, 0.25) is 0 Å². The minimum absolute atomic E-state index is 0. The van der Waals surface area contributed by atoms with Gasteiger partial charge in [-0.3, -0.25) is 6.08 Å². The van der Waals surface area contributed by atoms with Gasteiger partial charge in [-0.25, -0.2) is 12.2 Å². The van der Waals surface area contributed by atoms with Gasteiger partial charge in [0.15, 0.2) is 0 Å². The Morgan fingerprint density at radius 3 is 1.37 bits per heavy atom. The molecule has 0 saturated heterocycles. The molecule has 1 nitrogen and oxygen atoms in total. The molecule has 4 heteroatoms. The monoisotopic (exact) mass is 413 g/mol. The van der Waals surface area contributed by atoms with Crippen molar-refractivity contribution in [1.29, 1.82) is 0 Å². The van der Waals surface area contributed by atoms with Gasteiger partial charge < -0.3 is 14.5 Å². The molecule has 1 aliphatic rings. The van der Waals surface area contributed by atoms with Gasteiger partial charge in [-0.15, -0.1) is 6.42 Å². The third kappa shape index (κ3) is 9.21. The van der Waals surface area contributed by atoms with Crippen LogP contribution in [0, 0.1) is 6.08 Å². The fraction of sp³-hybridized carbons (Fsp3) is 0.565. The van der Waals surface area contributed by atoms with Crippen LogP contribution < -0.4 is 9.41 Å². The average Bonchev–Trinajstić information content (AvgIpc) is 2.93. The van der Waals surface area contributed by atoms with E-state index < -0.39 is 0 Å².